The van der Waals surface area contributed by atoms with Crippen LogP contribution >= 0.6 is 0 Å². The molecule has 0 aliphatic carbocycles. The normalized spacial score (nSPS) is 10.1. The number of nitro groups is 1. The number of phenolic OH excluding ortho intramolecular Hbond substituents is 1. The summed E-state index contributed by atoms with van der Waals surface area (Å²) in [5.74, 6) is 0.170. The van der Waals surface area contributed by atoms with Gasteiger partial charge < -0.3 is 10.8 Å². The minimum Gasteiger partial charge on any atom is -0.508 e. The Hall–Kier alpha value is -2.56. The zero-order valence-electron chi connectivity index (χ0n) is 8.83. The standard InChI is InChI=1S/C12H10N2O3/c13-11-7-9(3-6-12(11)14(16)17)8-1-4-10(15)5-2-8/h1-7,15H,13H2. The fourth-order valence-corrected chi connectivity index (χ4v) is 1.55. The molecule has 2 rings (SSSR count). The van der Waals surface area contributed by atoms with E-state index in [1.54, 1.807) is 36.4 Å². The molecule has 17 heavy (non-hydrogen) atoms. The molecular formula is C12H10N2O3. The summed E-state index contributed by atoms with van der Waals surface area (Å²) in [6.45, 7) is 0. The Balaban J connectivity index is 2.44. The third kappa shape index (κ3) is 2.17. The first-order chi connectivity index (χ1) is 8.08. The van der Waals surface area contributed by atoms with Crippen molar-refractivity contribution in [3.8, 4) is 16.9 Å². The predicted octanol–water partition coefficient (Wildman–Crippen LogP) is 2.55. The van der Waals surface area contributed by atoms with Crippen LogP contribution in [0.2, 0.25) is 0 Å². The number of aromatic hydroxyl groups is 1. The predicted molar refractivity (Wildman–Crippen MR) is 64.6 cm³/mol. The number of phenols is 1. The van der Waals surface area contributed by atoms with Crippen LogP contribution in [-0.4, -0.2) is 10.0 Å². The average Bonchev–Trinajstić information content (AvgIpc) is 2.29. The topological polar surface area (TPSA) is 89.4 Å². The minimum atomic E-state index is -0.518. The van der Waals surface area contributed by atoms with Gasteiger partial charge in [0.15, 0.2) is 0 Å². The van der Waals surface area contributed by atoms with Gasteiger partial charge >= 0.3 is 0 Å². The van der Waals surface area contributed by atoms with Gasteiger partial charge in [0.2, 0.25) is 0 Å². The summed E-state index contributed by atoms with van der Waals surface area (Å²) in [7, 11) is 0. The summed E-state index contributed by atoms with van der Waals surface area (Å²) in [6, 6.07) is 11.1. The maximum Gasteiger partial charge on any atom is 0.292 e. The van der Waals surface area contributed by atoms with Crippen molar-refractivity contribution >= 4 is 11.4 Å². The molecule has 0 aromatic heterocycles. The highest BCUT2D eigenvalue weighted by molar-refractivity contribution is 5.72. The molecule has 0 atom stereocenters. The van der Waals surface area contributed by atoms with Gasteiger partial charge in [-0.05, 0) is 35.4 Å². The van der Waals surface area contributed by atoms with Crippen molar-refractivity contribution in [2.45, 2.75) is 0 Å². The van der Waals surface area contributed by atoms with Gasteiger partial charge in [-0.15, -0.1) is 0 Å². The lowest BCUT2D eigenvalue weighted by atomic mass is 10.0. The smallest absolute Gasteiger partial charge is 0.292 e. The quantitative estimate of drug-likeness (QED) is 0.471. The van der Waals surface area contributed by atoms with Crippen LogP contribution in [-0.2, 0) is 0 Å². The van der Waals surface area contributed by atoms with Gasteiger partial charge in [-0.1, -0.05) is 12.1 Å². The molecule has 86 valence electrons. The van der Waals surface area contributed by atoms with Crippen molar-refractivity contribution in [1.29, 1.82) is 0 Å². The lowest BCUT2D eigenvalue weighted by molar-refractivity contribution is -0.383. The summed E-state index contributed by atoms with van der Waals surface area (Å²) >= 11 is 0. The molecule has 0 heterocycles. The van der Waals surface area contributed by atoms with E-state index in [4.69, 9.17) is 10.8 Å². The molecule has 3 N–H and O–H groups in total. The fourth-order valence-electron chi connectivity index (χ4n) is 1.55. The Morgan fingerprint density at radius 2 is 1.65 bits per heavy atom. The van der Waals surface area contributed by atoms with E-state index in [1.807, 2.05) is 0 Å². The van der Waals surface area contributed by atoms with Crippen LogP contribution in [0.3, 0.4) is 0 Å². The van der Waals surface area contributed by atoms with Gasteiger partial charge in [-0.3, -0.25) is 10.1 Å². The van der Waals surface area contributed by atoms with Crippen molar-refractivity contribution in [3.05, 3.63) is 52.6 Å². The van der Waals surface area contributed by atoms with Gasteiger partial charge in [0, 0.05) is 6.07 Å². The Kier molecular flexibility index (Phi) is 2.66. The van der Waals surface area contributed by atoms with E-state index in [-0.39, 0.29) is 17.1 Å². The molecule has 0 saturated carbocycles. The number of hydrogen-bond donors (Lipinski definition) is 2. The Bertz CT molecular complexity index is 564. The van der Waals surface area contributed by atoms with Crippen molar-refractivity contribution in [1.82, 2.24) is 0 Å². The lowest BCUT2D eigenvalue weighted by Gasteiger charge is -2.03. The molecule has 0 unspecified atom stereocenters. The van der Waals surface area contributed by atoms with Crippen LogP contribution in [0.1, 0.15) is 0 Å². The number of hydrogen-bond acceptors (Lipinski definition) is 4. The first kappa shape index (κ1) is 10.9. The molecule has 2 aromatic rings. The number of anilines is 1. The van der Waals surface area contributed by atoms with E-state index in [9.17, 15) is 10.1 Å². The largest absolute Gasteiger partial charge is 0.508 e. The molecule has 0 bridgehead atoms. The fraction of sp³-hybridized carbons (Fsp3) is 0. The third-order valence-corrected chi connectivity index (χ3v) is 2.42. The second kappa shape index (κ2) is 4.13. The molecule has 0 aliphatic rings. The minimum absolute atomic E-state index is 0.104. The van der Waals surface area contributed by atoms with Gasteiger partial charge in [0.05, 0.1) is 4.92 Å². The Morgan fingerprint density at radius 1 is 1.06 bits per heavy atom. The van der Waals surface area contributed by atoms with Crippen molar-refractivity contribution in [3.63, 3.8) is 0 Å². The lowest BCUT2D eigenvalue weighted by Crippen LogP contribution is -1.95. The molecule has 5 heteroatoms. The van der Waals surface area contributed by atoms with E-state index >= 15 is 0 Å². The monoisotopic (exact) mass is 230 g/mol. The Morgan fingerprint density at radius 3 is 2.18 bits per heavy atom. The average molecular weight is 230 g/mol. The van der Waals surface area contributed by atoms with Crippen LogP contribution < -0.4 is 5.73 Å². The van der Waals surface area contributed by atoms with Crippen LogP contribution in [0.5, 0.6) is 5.75 Å². The summed E-state index contributed by atoms with van der Waals surface area (Å²) < 4.78 is 0. The van der Waals surface area contributed by atoms with Gasteiger partial charge in [-0.25, -0.2) is 0 Å². The molecular weight excluding hydrogens is 220 g/mol. The molecule has 0 spiro atoms. The number of benzene rings is 2. The molecule has 0 fully saturated rings. The maximum absolute atomic E-state index is 10.6. The molecule has 0 aliphatic heterocycles. The maximum atomic E-state index is 10.6. The van der Waals surface area contributed by atoms with Crippen LogP contribution in [0, 0.1) is 10.1 Å². The molecule has 0 amide bonds. The zero-order chi connectivity index (χ0) is 12.4. The summed E-state index contributed by atoms with van der Waals surface area (Å²) in [6.07, 6.45) is 0. The van der Waals surface area contributed by atoms with Crippen molar-refractivity contribution < 1.29 is 10.0 Å². The summed E-state index contributed by atoms with van der Waals surface area (Å²) in [4.78, 5) is 10.1. The van der Waals surface area contributed by atoms with Gasteiger partial charge in [0.25, 0.3) is 5.69 Å². The van der Waals surface area contributed by atoms with Gasteiger partial charge in [0.1, 0.15) is 11.4 Å². The van der Waals surface area contributed by atoms with Crippen molar-refractivity contribution in [2.24, 2.45) is 0 Å². The Labute approximate surface area is 97.3 Å². The van der Waals surface area contributed by atoms with E-state index in [2.05, 4.69) is 0 Å². The second-order valence-corrected chi connectivity index (χ2v) is 3.58. The summed E-state index contributed by atoms with van der Waals surface area (Å²) in [5, 5.41) is 19.8. The van der Waals surface area contributed by atoms with Crippen molar-refractivity contribution in [2.75, 3.05) is 5.73 Å². The number of nitrogens with zero attached hydrogens (tertiary/aromatic N) is 1. The highest BCUT2D eigenvalue weighted by atomic mass is 16.6. The SMILES string of the molecule is Nc1cc(-c2ccc(O)cc2)ccc1[N+](=O)[O-]. The van der Waals surface area contributed by atoms with E-state index < -0.39 is 4.92 Å². The zero-order valence-corrected chi connectivity index (χ0v) is 8.83. The highest BCUT2D eigenvalue weighted by Crippen LogP contribution is 2.28. The van der Waals surface area contributed by atoms with Crippen LogP contribution in [0.15, 0.2) is 42.5 Å². The number of nitro benzene ring substituents is 1. The third-order valence-electron chi connectivity index (χ3n) is 2.42. The van der Waals surface area contributed by atoms with E-state index in [0.29, 0.717) is 0 Å². The number of nitrogen functional groups attached to an aromatic ring is 1. The highest BCUT2D eigenvalue weighted by Gasteiger charge is 2.11. The summed E-state index contributed by atoms with van der Waals surface area (Å²) in [5.41, 5.74) is 7.23. The van der Waals surface area contributed by atoms with Crippen LogP contribution in [0.4, 0.5) is 11.4 Å². The van der Waals surface area contributed by atoms with Crippen LogP contribution in [0.25, 0.3) is 11.1 Å². The molecule has 0 radical (unpaired) electrons. The molecule has 0 saturated heterocycles. The van der Waals surface area contributed by atoms with E-state index in [1.165, 1.54) is 6.07 Å². The first-order valence-electron chi connectivity index (χ1n) is 4.91. The molecule has 2 aromatic carbocycles. The number of nitrogens with two attached hydrogens (primary N) is 1. The number of rotatable bonds is 2. The second-order valence-electron chi connectivity index (χ2n) is 3.58. The van der Waals surface area contributed by atoms with E-state index in [0.717, 1.165) is 11.1 Å². The van der Waals surface area contributed by atoms with Gasteiger partial charge in [-0.2, -0.15) is 0 Å². The first-order valence-corrected chi connectivity index (χ1v) is 4.91. The molecule has 5 nitrogen and oxygen atoms in total.